The molecule has 0 amide bonds. The largest absolute Gasteiger partial charge is 0.472 e. The summed E-state index contributed by atoms with van der Waals surface area (Å²) in [6, 6.07) is 0. The van der Waals surface area contributed by atoms with Crippen molar-refractivity contribution in [1.82, 2.24) is 0 Å². The van der Waals surface area contributed by atoms with E-state index >= 15 is 0 Å². The number of hydrogen-bond donors (Lipinski definition) is 3. The molecule has 5 atom stereocenters. The van der Waals surface area contributed by atoms with Gasteiger partial charge in [-0.05, 0) is 63.2 Å². The van der Waals surface area contributed by atoms with Gasteiger partial charge in [-0.1, -0.05) is 342 Å². The lowest BCUT2D eigenvalue weighted by atomic mass is 10.0. The Hall–Kier alpha value is -2.46. The zero-order valence-electron chi connectivity index (χ0n) is 64.3. The highest BCUT2D eigenvalue weighted by atomic mass is 31.2. The third kappa shape index (κ3) is 73.6. The number of phosphoric acid groups is 2. The van der Waals surface area contributed by atoms with Crippen LogP contribution in [0.2, 0.25) is 0 Å². The second-order valence-corrected chi connectivity index (χ2v) is 32.0. The molecular weight excluding hydrogens is 1290 g/mol. The van der Waals surface area contributed by atoms with Crippen LogP contribution in [0.4, 0.5) is 0 Å². The van der Waals surface area contributed by atoms with Crippen molar-refractivity contribution in [2.24, 2.45) is 11.8 Å². The summed E-state index contributed by atoms with van der Waals surface area (Å²) in [5, 5.41) is 10.6. The molecule has 99 heavy (non-hydrogen) atoms. The molecule has 0 bridgehead atoms. The van der Waals surface area contributed by atoms with Crippen LogP contribution in [0, 0.1) is 11.8 Å². The van der Waals surface area contributed by atoms with Gasteiger partial charge >= 0.3 is 39.5 Å². The van der Waals surface area contributed by atoms with Crippen LogP contribution < -0.4 is 0 Å². The monoisotopic (exact) mass is 1450 g/mol. The van der Waals surface area contributed by atoms with Crippen molar-refractivity contribution in [1.29, 1.82) is 0 Å². The fraction of sp³-hybridized carbons (Fsp3) is 0.900. The Bertz CT molecular complexity index is 2000. The van der Waals surface area contributed by atoms with E-state index in [1.165, 1.54) is 193 Å². The number of rotatable bonds is 77. The van der Waals surface area contributed by atoms with Crippen molar-refractivity contribution >= 4 is 39.5 Å². The van der Waals surface area contributed by atoms with E-state index in [1.54, 1.807) is 0 Å². The minimum atomic E-state index is -4.97. The predicted octanol–water partition coefficient (Wildman–Crippen LogP) is 23.4. The molecule has 0 radical (unpaired) electrons. The van der Waals surface area contributed by atoms with E-state index in [9.17, 15) is 43.2 Å². The summed E-state index contributed by atoms with van der Waals surface area (Å²) in [6.07, 6.45) is 63.3. The number of phosphoric ester groups is 2. The molecule has 0 aliphatic heterocycles. The average molecular weight is 1450 g/mol. The molecule has 0 aromatic heterocycles. The molecule has 3 N–H and O–H groups in total. The van der Waals surface area contributed by atoms with E-state index in [-0.39, 0.29) is 25.7 Å². The maximum absolute atomic E-state index is 13.1. The maximum Gasteiger partial charge on any atom is 0.472 e. The third-order valence-corrected chi connectivity index (χ3v) is 20.0. The first kappa shape index (κ1) is 96.5. The van der Waals surface area contributed by atoms with Crippen molar-refractivity contribution < 1.29 is 80.2 Å². The van der Waals surface area contributed by atoms with Crippen LogP contribution in [0.3, 0.4) is 0 Å². The Balaban J connectivity index is 5.24. The van der Waals surface area contributed by atoms with Gasteiger partial charge in [-0.15, -0.1) is 0 Å². The Morgan fingerprint density at radius 2 is 0.545 bits per heavy atom. The molecule has 19 heteroatoms. The van der Waals surface area contributed by atoms with Crippen molar-refractivity contribution in [2.45, 2.75) is 413 Å². The van der Waals surface area contributed by atoms with E-state index in [2.05, 4.69) is 65.8 Å². The standard InChI is InChI=1S/C80H152O17P2/c1-7-9-11-13-15-17-18-19-24-28-33-39-45-51-57-63-78(83)91-69-76(97-79(84)64-58-52-46-40-34-29-26-23-21-20-22-25-27-31-37-42-48-54-60-72(3)4)71-95-99(88,89)93-67-74(81)66-92-98(86,87)94-70-75(68-90-77(82)62-56-50-44-36-16-14-12-10-8-2)96-80(85)65-59-53-47-41-35-30-32-38-43-49-55-61-73(5)6/h17-19,24,72-76,81H,7-16,20-23,25-71H2,1-6H3,(H,86,87)(H,88,89)/b18-17-,24-19-/t74-,75+,76+/m0/s1. The summed E-state index contributed by atoms with van der Waals surface area (Å²) in [6.45, 7) is 9.57. The van der Waals surface area contributed by atoms with Gasteiger partial charge in [0, 0.05) is 25.7 Å². The Morgan fingerprint density at radius 1 is 0.313 bits per heavy atom. The van der Waals surface area contributed by atoms with Crippen LogP contribution in [-0.4, -0.2) is 96.7 Å². The Kier molecular flexibility index (Phi) is 69.4. The summed E-state index contributed by atoms with van der Waals surface area (Å²) >= 11 is 0. The van der Waals surface area contributed by atoms with Gasteiger partial charge in [0.1, 0.15) is 19.3 Å². The molecule has 0 aromatic rings. The van der Waals surface area contributed by atoms with Crippen LogP contribution in [0.25, 0.3) is 0 Å². The van der Waals surface area contributed by atoms with Gasteiger partial charge in [0.25, 0.3) is 0 Å². The highest BCUT2D eigenvalue weighted by Crippen LogP contribution is 2.45. The van der Waals surface area contributed by atoms with Crippen molar-refractivity contribution in [3.05, 3.63) is 24.3 Å². The number of esters is 4. The van der Waals surface area contributed by atoms with Crippen molar-refractivity contribution in [3.63, 3.8) is 0 Å². The van der Waals surface area contributed by atoms with Crippen molar-refractivity contribution in [2.75, 3.05) is 39.6 Å². The van der Waals surface area contributed by atoms with Gasteiger partial charge in [0.15, 0.2) is 12.2 Å². The predicted molar refractivity (Wildman–Crippen MR) is 404 cm³/mol. The van der Waals surface area contributed by atoms with E-state index in [0.717, 1.165) is 121 Å². The number of aliphatic hydroxyl groups is 1. The SMILES string of the molecule is CCCCCC/C=C\C=C/CCCCCCCC(=O)OC[C@H](COP(=O)(O)OC[C@@H](O)COP(=O)(O)OC[C@@H](COC(=O)CCCCCCCCCCC)OC(=O)CCCCCCCCCCCCCC(C)C)OC(=O)CCCCCCCCCCCCCCCCCCCCC(C)C. The molecular formula is C80H152O17P2. The van der Waals surface area contributed by atoms with Crippen molar-refractivity contribution in [3.8, 4) is 0 Å². The van der Waals surface area contributed by atoms with Crippen LogP contribution in [0.5, 0.6) is 0 Å². The van der Waals surface area contributed by atoms with E-state index < -0.39 is 97.5 Å². The van der Waals surface area contributed by atoms with Crippen LogP contribution in [0.1, 0.15) is 395 Å². The van der Waals surface area contributed by atoms with Gasteiger partial charge in [-0.2, -0.15) is 0 Å². The lowest BCUT2D eigenvalue weighted by Gasteiger charge is -2.21. The lowest BCUT2D eigenvalue weighted by Crippen LogP contribution is -2.30. The highest BCUT2D eigenvalue weighted by molar-refractivity contribution is 7.47. The minimum absolute atomic E-state index is 0.101. The molecule has 17 nitrogen and oxygen atoms in total. The van der Waals surface area contributed by atoms with Crippen LogP contribution >= 0.6 is 15.6 Å². The highest BCUT2D eigenvalue weighted by Gasteiger charge is 2.30. The molecule has 0 aliphatic rings. The van der Waals surface area contributed by atoms with Gasteiger partial charge in [0.2, 0.25) is 0 Å². The zero-order chi connectivity index (χ0) is 72.8. The van der Waals surface area contributed by atoms with Gasteiger partial charge in [0.05, 0.1) is 26.4 Å². The first-order valence-electron chi connectivity index (χ1n) is 40.8. The Morgan fingerprint density at radius 3 is 0.828 bits per heavy atom. The van der Waals surface area contributed by atoms with E-state index in [0.29, 0.717) is 25.7 Å². The number of unbranched alkanes of at least 4 members (excludes halogenated alkanes) is 44. The fourth-order valence-corrected chi connectivity index (χ4v) is 13.4. The van der Waals surface area contributed by atoms with E-state index in [4.69, 9.17) is 37.0 Å². The van der Waals surface area contributed by atoms with Gasteiger partial charge in [-0.25, -0.2) is 9.13 Å². The quantitative estimate of drug-likeness (QED) is 0.0169. The van der Waals surface area contributed by atoms with Crippen LogP contribution in [-0.2, 0) is 65.4 Å². The molecule has 0 heterocycles. The number of allylic oxidation sites excluding steroid dienone is 4. The number of carbonyl (C=O) groups is 4. The first-order chi connectivity index (χ1) is 47.9. The normalized spacial score (nSPS) is 14.1. The average Bonchev–Trinajstić information content (AvgIpc) is 2.93. The van der Waals surface area contributed by atoms with Gasteiger partial charge < -0.3 is 33.8 Å². The summed E-state index contributed by atoms with van der Waals surface area (Å²) in [5.41, 5.74) is 0. The molecule has 0 spiro atoms. The number of carbonyl (C=O) groups excluding carboxylic acids is 4. The molecule has 0 aromatic carbocycles. The van der Waals surface area contributed by atoms with Gasteiger partial charge in [-0.3, -0.25) is 37.3 Å². The summed E-state index contributed by atoms with van der Waals surface area (Å²) in [7, 11) is -9.93. The number of ether oxygens (including phenoxy) is 4. The molecule has 0 aliphatic carbocycles. The fourth-order valence-electron chi connectivity index (χ4n) is 11.8. The molecule has 0 saturated carbocycles. The number of hydrogen-bond acceptors (Lipinski definition) is 15. The number of aliphatic hydroxyl groups excluding tert-OH is 1. The molecule has 0 fully saturated rings. The maximum atomic E-state index is 13.1. The topological polar surface area (TPSA) is 237 Å². The van der Waals surface area contributed by atoms with Crippen LogP contribution in [0.15, 0.2) is 24.3 Å². The zero-order valence-corrected chi connectivity index (χ0v) is 66.1. The Labute approximate surface area is 605 Å². The molecule has 0 saturated heterocycles. The summed E-state index contributed by atoms with van der Waals surface area (Å²) in [4.78, 5) is 72.9. The molecule has 584 valence electrons. The third-order valence-electron chi connectivity index (χ3n) is 18.1. The second-order valence-electron chi connectivity index (χ2n) is 29.1. The summed E-state index contributed by atoms with van der Waals surface area (Å²) < 4.78 is 68.6. The summed E-state index contributed by atoms with van der Waals surface area (Å²) in [5.74, 6) is -0.559. The van der Waals surface area contributed by atoms with E-state index in [1.807, 2.05) is 0 Å². The molecule has 2 unspecified atom stereocenters. The minimum Gasteiger partial charge on any atom is -0.462 e. The first-order valence-corrected chi connectivity index (χ1v) is 43.8. The smallest absolute Gasteiger partial charge is 0.462 e. The lowest BCUT2D eigenvalue weighted by molar-refractivity contribution is -0.161. The second kappa shape index (κ2) is 71.2. The molecule has 0 rings (SSSR count).